The van der Waals surface area contributed by atoms with Crippen molar-refractivity contribution in [1.82, 2.24) is 9.97 Å². The number of aromatic nitrogens is 2. The third kappa shape index (κ3) is 2.98. The van der Waals surface area contributed by atoms with E-state index in [2.05, 4.69) is 15.3 Å². The molecule has 114 valence electrons. The van der Waals surface area contributed by atoms with E-state index in [1.54, 1.807) is 24.4 Å². The Hall–Kier alpha value is -2.70. The van der Waals surface area contributed by atoms with E-state index in [9.17, 15) is 9.18 Å². The molecule has 0 aromatic carbocycles. The van der Waals surface area contributed by atoms with Gasteiger partial charge in [0.15, 0.2) is 11.6 Å². The van der Waals surface area contributed by atoms with Gasteiger partial charge in [-0.15, -0.1) is 0 Å². The zero-order valence-corrected chi connectivity index (χ0v) is 11.9. The van der Waals surface area contributed by atoms with Crippen LogP contribution in [0.4, 0.5) is 15.9 Å². The summed E-state index contributed by atoms with van der Waals surface area (Å²) in [5.74, 6) is -0.505. The Balaban J connectivity index is 1.67. The number of rotatable bonds is 4. The van der Waals surface area contributed by atoms with Crippen molar-refractivity contribution in [3.8, 4) is 0 Å². The summed E-state index contributed by atoms with van der Waals surface area (Å²) in [6, 6.07) is 6.52. The first kappa shape index (κ1) is 14.2. The molecule has 3 N–H and O–H groups in total. The molecule has 1 unspecified atom stereocenters. The molecule has 0 bridgehead atoms. The molecule has 0 saturated carbocycles. The molecule has 1 saturated heterocycles. The molecule has 2 aromatic heterocycles. The van der Waals surface area contributed by atoms with E-state index >= 15 is 0 Å². The number of primary amides is 1. The molecule has 6 nitrogen and oxygen atoms in total. The molecule has 0 spiro atoms. The third-order valence-corrected chi connectivity index (χ3v) is 3.61. The molecule has 1 atom stereocenters. The van der Waals surface area contributed by atoms with Crippen LogP contribution in [0.5, 0.6) is 0 Å². The summed E-state index contributed by atoms with van der Waals surface area (Å²) in [6.07, 6.45) is 3.97. The summed E-state index contributed by atoms with van der Waals surface area (Å²) in [5, 5.41) is 3.32. The minimum Gasteiger partial charge on any atom is -0.380 e. The molecule has 1 amide bonds. The van der Waals surface area contributed by atoms with Gasteiger partial charge >= 0.3 is 0 Å². The van der Waals surface area contributed by atoms with E-state index in [0.29, 0.717) is 12.4 Å². The van der Waals surface area contributed by atoms with Crippen molar-refractivity contribution in [2.75, 3.05) is 23.3 Å². The summed E-state index contributed by atoms with van der Waals surface area (Å²) < 4.78 is 13.8. The summed E-state index contributed by atoms with van der Waals surface area (Å²) in [6.45, 7) is 1.36. The Morgan fingerprint density at radius 3 is 3.00 bits per heavy atom. The Morgan fingerprint density at radius 2 is 2.23 bits per heavy atom. The number of hydrogen-bond acceptors (Lipinski definition) is 5. The number of hydrogen-bond donors (Lipinski definition) is 2. The predicted octanol–water partition coefficient (Wildman–Crippen LogP) is 1.41. The van der Waals surface area contributed by atoms with E-state index in [1.807, 2.05) is 4.90 Å². The molecular weight excluding hydrogens is 285 g/mol. The van der Waals surface area contributed by atoms with Gasteiger partial charge < -0.3 is 16.0 Å². The zero-order valence-electron chi connectivity index (χ0n) is 11.9. The maximum absolute atomic E-state index is 13.8. The number of amides is 1. The van der Waals surface area contributed by atoms with Gasteiger partial charge in [0.05, 0.1) is 0 Å². The lowest BCUT2D eigenvalue weighted by atomic mass is 10.2. The normalized spacial score (nSPS) is 17.5. The number of carbonyl (C=O) groups excluding carboxylic acids is 1. The lowest BCUT2D eigenvalue weighted by Gasteiger charge is -2.18. The van der Waals surface area contributed by atoms with Crippen molar-refractivity contribution in [2.45, 2.75) is 12.5 Å². The first-order valence-corrected chi connectivity index (χ1v) is 7.01. The fourth-order valence-electron chi connectivity index (χ4n) is 2.57. The molecule has 0 radical (unpaired) electrons. The summed E-state index contributed by atoms with van der Waals surface area (Å²) in [7, 11) is 0. The number of nitrogens with one attached hydrogen (secondary N) is 1. The number of pyridine rings is 2. The van der Waals surface area contributed by atoms with E-state index in [1.165, 1.54) is 12.3 Å². The van der Waals surface area contributed by atoms with E-state index in [-0.39, 0.29) is 17.6 Å². The van der Waals surface area contributed by atoms with Crippen LogP contribution in [0.25, 0.3) is 0 Å². The highest BCUT2D eigenvalue weighted by Crippen LogP contribution is 2.22. The molecule has 0 aliphatic carbocycles. The average molecular weight is 301 g/mol. The highest BCUT2D eigenvalue weighted by Gasteiger charge is 2.25. The fraction of sp³-hybridized carbons (Fsp3) is 0.267. The van der Waals surface area contributed by atoms with Gasteiger partial charge in [0, 0.05) is 37.2 Å². The molecule has 1 aliphatic rings. The van der Waals surface area contributed by atoms with Crippen molar-refractivity contribution in [1.29, 1.82) is 0 Å². The second kappa shape index (κ2) is 5.97. The van der Waals surface area contributed by atoms with Gasteiger partial charge in [0.25, 0.3) is 5.91 Å². The maximum Gasteiger partial charge on any atom is 0.267 e. The van der Waals surface area contributed by atoms with Crippen LogP contribution in [0.2, 0.25) is 0 Å². The van der Waals surface area contributed by atoms with Crippen LogP contribution in [-0.4, -0.2) is 35.0 Å². The average Bonchev–Trinajstić information content (AvgIpc) is 2.96. The van der Waals surface area contributed by atoms with E-state index < -0.39 is 5.91 Å². The van der Waals surface area contributed by atoms with Crippen LogP contribution in [0.3, 0.4) is 0 Å². The minimum absolute atomic E-state index is 0.143. The standard InChI is InChI=1S/C15H16FN5O/c16-12-2-1-5-19-15(12)21-7-4-11(9-21)20-10-3-6-18-13(8-10)14(17)22/h1-3,5-6,8,11H,4,7,9H2,(H2,17,22)(H,18,20). The quantitative estimate of drug-likeness (QED) is 0.892. The number of nitrogens with zero attached hydrogens (tertiary/aromatic N) is 3. The smallest absolute Gasteiger partial charge is 0.267 e. The Labute approximate surface area is 127 Å². The topological polar surface area (TPSA) is 84.1 Å². The Bertz CT molecular complexity index is 693. The molecule has 2 aromatic rings. The van der Waals surface area contributed by atoms with Gasteiger partial charge in [0.1, 0.15) is 5.69 Å². The van der Waals surface area contributed by atoms with Crippen molar-refractivity contribution < 1.29 is 9.18 Å². The van der Waals surface area contributed by atoms with Gasteiger partial charge in [-0.25, -0.2) is 9.37 Å². The van der Waals surface area contributed by atoms with E-state index in [0.717, 1.165) is 18.7 Å². The van der Waals surface area contributed by atoms with Crippen LogP contribution in [0.1, 0.15) is 16.9 Å². The second-order valence-corrected chi connectivity index (χ2v) is 5.18. The zero-order chi connectivity index (χ0) is 15.5. The third-order valence-electron chi connectivity index (χ3n) is 3.61. The highest BCUT2D eigenvalue weighted by atomic mass is 19.1. The van der Waals surface area contributed by atoms with E-state index in [4.69, 9.17) is 5.73 Å². The van der Waals surface area contributed by atoms with Crippen molar-refractivity contribution in [3.63, 3.8) is 0 Å². The van der Waals surface area contributed by atoms with Crippen LogP contribution < -0.4 is 16.0 Å². The van der Waals surface area contributed by atoms with Crippen LogP contribution in [0.15, 0.2) is 36.7 Å². The van der Waals surface area contributed by atoms with Crippen LogP contribution in [0, 0.1) is 5.82 Å². The molecule has 1 fully saturated rings. The summed E-state index contributed by atoms with van der Waals surface area (Å²) in [4.78, 5) is 21.0. The van der Waals surface area contributed by atoms with Gasteiger partial charge in [-0.1, -0.05) is 0 Å². The highest BCUT2D eigenvalue weighted by molar-refractivity contribution is 5.91. The van der Waals surface area contributed by atoms with Gasteiger partial charge in [-0.2, -0.15) is 0 Å². The monoisotopic (exact) mass is 301 g/mol. The number of carbonyl (C=O) groups is 1. The summed E-state index contributed by atoms with van der Waals surface area (Å²) in [5.41, 5.74) is 6.21. The molecule has 3 heterocycles. The van der Waals surface area contributed by atoms with Crippen molar-refractivity contribution in [2.24, 2.45) is 5.73 Å². The van der Waals surface area contributed by atoms with Crippen LogP contribution in [-0.2, 0) is 0 Å². The summed E-state index contributed by atoms with van der Waals surface area (Å²) >= 11 is 0. The molecular formula is C15H16FN5O. The maximum atomic E-state index is 13.8. The van der Waals surface area contributed by atoms with Gasteiger partial charge in [-0.05, 0) is 30.7 Å². The largest absolute Gasteiger partial charge is 0.380 e. The fourth-order valence-corrected chi connectivity index (χ4v) is 2.57. The molecule has 22 heavy (non-hydrogen) atoms. The Morgan fingerprint density at radius 1 is 1.36 bits per heavy atom. The Kier molecular flexibility index (Phi) is 3.86. The number of halogens is 1. The lowest BCUT2D eigenvalue weighted by molar-refractivity contribution is 0.0995. The molecule has 3 rings (SSSR count). The molecule has 7 heteroatoms. The van der Waals surface area contributed by atoms with Crippen LogP contribution >= 0.6 is 0 Å². The predicted molar refractivity (Wildman–Crippen MR) is 81.2 cm³/mol. The SMILES string of the molecule is NC(=O)c1cc(NC2CCN(c3ncccc3F)C2)ccn1. The van der Waals surface area contributed by atoms with Crippen molar-refractivity contribution in [3.05, 3.63) is 48.2 Å². The molecule has 1 aliphatic heterocycles. The van der Waals surface area contributed by atoms with Gasteiger partial charge in [0.2, 0.25) is 0 Å². The number of nitrogens with two attached hydrogens (primary N) is 1. The van der Waals surface area contributed by atoms with Crippen molar-refractivity contribution >= 4 is 17.4 Å². The minimum atomic E-state index is -0.563. The first-order chi connectivity index (χ1) is 10.6. The lowest BCUT2D eigenvalue weighted by Crippen LogP contribution is -2.27. The first-order valence-electron chi connectivity index (χ1n) is 7.01. The second-order valence-electron chi connectivity index (χ2n) is 5.18. The van der Waals surface area contributed by atoms with Gasteiger partial charge in [-0.3, -0.25) is 9.78 Å². The number of anilines is 2.